The summed E-state index contributed by atoms with van der Waals surface area (Å²) >= 11 is 6.84. The molecule has 1 saturated heterocycles. The van der Waals surface area contributed by atoms with Crippen LogP contribution in [0, 0.1) is 0 Å². The Morgan fingerprint density at radius 2 is 1.91 bits per heavy atom. The SMILES string of the molecule is O=C(N[C@@H](CNC(=O)c1ccc(Cl)s1)C(=O)Nc1ccc(N2CCOCC2=O)cc1)OCC(F)F. The van der Waals surface area contributed by atoms with Crippen molar-refractivity contribution in [1.82, 2.24) is 10.6 Å². The number of carbonyl (C=O) groups excluding carboxylic acids is 4. The van der Waals surface area contributed by atoms with E-state index in [1.807, 2.05) is 0 Å². The average Bonchev–Trinajstić information content (AvgIpc) is 3.27. The molecule has 1 aromatic heterocycles. The van der Waals surface area contributed by atoms with Gasteiger partial charge in [-0.15, -0.1) is 11.3 Å². The highest BCUT2D eigenvalue weighted by molar-refractivity contribution is 7.18. The van der Waals surface area contributed by atoms with E-state index in [9.17, 15) is 28.0 Å². The highest BCUT2D eigenvalue weighted by Gasteiger charge is 2.24. The van der Waals surface area contributed by atoms with Gasteiger partial charge in [0.15, 0.2) is 6.61 Å². The third-order valence-corrected chi connectivity index (χ3v) is 5.87. The number of ether oxygens (including phenoxy) is 2. The number of anilines is 2. The summed E-state index contributed by atoms with van der Waals surface area (Å²) in [4.78, 5) is 50.7. The van der Waals surface area contributed by atoms with Gasteiger partial charge in [-0.3, -0.25) is 14.4 Å². The van der Waals surface area contributed by atoms with Gasteiger partial charge in [0.2, 0.25) is 5.91 Å². The Kier molecular flexibility index (Phi) is 9.34. The Labute approximate surface area is 207 Å². The zero-order chi connectivity index (χ0) is 25.4. The van der Waals surface area contributed by atoms with E-state index in [-0.39, 0.29) is 23.9 Å². The van der Waals surface area contributed by atoms with E-state index in [2.05, 4.69) is 20.7 Å². The Balaban J connectivity index is 1.64. The van der Waals surface area contributed by atoms with Gasteiger partial charge >= 0.3 is 6.09 Å². The quantitative estimate of drug-likeness (QED) is 0.457. The fourth-order valence-corrected chi connectivity index (χ4v) is 3.95. The van der Waals surface area contributed by atoms with Crippen LogP contribution in [0.3, 0.4) is 0 Å². The maximum atomic E-state index is 12.8. The first kappa shape index (κ1) is 26.3. The molecule has 10 nitrogen and oxygen atoms in total. The van der Waals surface area contributed by atoms with Crippen molar-refractivity contribution in [3.8, 4) is 0 Å². The molecule has 14 heteroatoms. The normalized spacial score (nSPS) is 14.4. The summed E-state index contributed by atoms with van der Waals surface area (Å²) in [5, 5.41) is 7.21. The molecule has 3 rings (SSSR count). The van der Waals surface area contributed by atoms with E-state index in [0.29, 0.717) is 28.9 Å². The number of benzene rings is 1. The fourth-order valence-electron chi connectivity index (χ4n) is 3.00. The molecule has 0 unspecified atom stereocenters. The van der Waals surface area contributed by atoms with Gasteiger partial charge in [0.1, 0.15) is 12.6 Å². The number of morpholine rings is 1. The fraction of sp³-hybridized carbons (Fsp3) is 0.333. The predicted molar refractivity (Wildman–Crippen MR) is 124 cm³/mol. The minimum atomic E-state index is -2.88. The molecule has 1 fully saturated rings. The number of amides is 4. The highest BCUT2D eigenvalue weighted by Crippen LogP contribution is 2.21. The van der Waals surface area contributed by atoms with Crippen molar-refractivity contribution in [2.24, 2.45) is 0 Å². The van der Waals surface area contributed by atoms with Gasteiger partial charge in [0, 0.05) is 24.5 Å². The molecule has 0 spiro atoms. The third kappa shape index (κ3) is 7.87. The van der Waals surface area contributed by atoms with Crippen molar-refractivity contribution in [2.45, 2.75) is 12.5 Å². The van der Waals surface area contributed by atoms with Crippen LogP contribution in [0.2, 0.25) is 4.34 Å². The van der Waals surface area contributed by atoms with Gasteiger partial charge in [0.25, 0.3) is 18.2 Å². The largest absolute Gasteiger partial charge is 0.443 e. The summed E-state index contributed by atoms with van der Waals surface area (Å²) in [5.41, 5.74) is 0.951. The first-order valence-corrected chi connectivity index (χ1v) is 11.5. The molecule has 35 heavy (non-hydrogen) atoms. The molecule has 1 aliphatic rings. The third-order valence-electron chi connectivity index (χ3n) is 4.65. The van der Waals surface area contributed by atoms with Crippen LogP contribution >= 0.6 is 22.9 Å². The van der Waals surface area contributed by atoms with Crippen LogP contribution in [0.15, 0.2) is 36.4 Å². The van der Waals surface area contributed by atoms with Gasteiger partial charge in [-0.2, -0.15) is 0 Å². The minimum Gasteiger partial charge on any atom is -0.443 e. The number of alkyl carbamates (subject to hydrolysis) is 1. The lowest BCUT2D eigenvalue weighted by Crippen LogP contribution is -2.50. The van der Waals surface area contributed by atoms with E-state index >= 15 is 0 Å². The lowest BCUT2D eigenvalue weighted by Gasteiger charge is -2.27. The maximum absolute atomic E-state index is 12.8. The highest BCUT2D eigenvalue weighted by atomic mass is 35.5. The predicted octanol–water partition coefficient (Wildman–Crippen LogP) is 2.49. The summed E-state index contributed by atoms with van der Waals surface area (Å²) < 4.78 is 34.5. The number of hydrogen-bond donors (Lipinski definition) is 3. The van der Waals surface area contributed by atoms with Crippen LogP contribution in [-0.4, -0.2) is 69.2 Å². The van der Waals surface area contributed by atoms with Gasteiger partial charge in [-0.05, 0) is 36.4 Å². The van der Waals surface area contributed by atoms with E-state index in [0.717, 1.165) is 11.3 Å². The minimum absolute atomic E-state index is 0.0170. The lowest BCUT2D eigenvalue weighted by atomic mass is 10.2. The second kappa shape index (κ2) is 12.4. The number of carbonyl (C=O) groups is 4. The van der Waals surface area contributed by atoms with Crippen molar-refractivity contribution in [3.05, 3.63) is 45.6 Å². The van der Waals surface area contributed by atoms with Gasteiger partial charge in [0.05, 0.1) is 15.8 Å². The van der Waals surface area contributed by atoms with E-state index in [4.69, 9.17) is 16.3 Å². The van der Waals surface area contributed by atoms with Crippen LogP contribution < -0.4 is 20.9 Å². The second-order valence-corrected chi connectivity index (χ2v) is 8.85. The zero-order valence-electron chi connectivity index (χ0n) is 18.1. The summed E-state index contributed by atoms with van der Waals surface area (Å²) in [6.45, 7) is -0.724. The Morgan fingerprint density at radius 3 is 2.54 bits per heavy atom. The Bertz CT molecular complexity index is 1070. The first-order valence-electron chi connectivity index (χ1n) is 10.3. The average molecular weight is 531 g/mol. The van der Waals surface area contributed by atoms with E-state index in [1.54, 1.807) is 29.2 Å². The Hall–Kier alpha value is -3.29. The number of halogens is 3. The van der Waals surface area contributed by atoms with Gasteiger partial charge in [-0.1, -0.05) is 11.6 Å². The molecule has 0 radical (unpaired) electrons. The van der Waals surface area contributed by atoms with Crippen molar-refractivity contribution in [3.63, 3.8) is 0 Å². The molecule has 2 aromatic rings. The number of thiophene rings is 1. The summed E-state index contributed by atoms with van der Waals surface area (Å²) in [6.07, 6.45) is -4.13. The maximum Gasteiger partial charge on any atom is 0.408 e. The van der Waals surface area contributed by atoms with Crippen molar-refractivity contribution in [2.75, 3.05) is 43.1 Å². The molecule has 1 atom stereocenters. The molecule has 2 heterocycles. The lowest BCUT2D eigenvalue weighted by molar-refractivity contribution is -0.125. The monoisotopic (exact) mass is 530 g/mol. The topological polar surface area (TPSA) is 126 Å². The molecule has 0 saturated carbocycles. The summed E-state index contributed by atoms with van der Waals surface area (Å²) in [5.74, 6) is -1.47. The zero-order valence-corrected chi connectivity index (χ0v) is 19.7. The second-order valence-electron chi connectivity index (χ2n) is 7.13. The standard InChI is InChI=1S/C21H21ClF2N4O6S/c22-16-6-5-15(35-16)20(31)25-9-14(27-21(32)34-10-17(23)24)19(30)26-12-1-3-13(4-2-12)28-7-8-33-11-18(28)29/h1-6,14,17H,7-11H2,(H,25,31)(H,26,30)(H,27,32)/t14-/m0/s1. The smallest absolute Gasteiger partial charge is 0.408 e. The molecule has 4 amide bonds. The van der Waals surface area contributed by atoms with Crippen LogP contribution in [-0.2, 0) is 19.1 Å². The molecular formula is C21H21ClF2N4O6S. The van der Waals surface area contributed by atoms with Crippen molar-refractivity contribution >= 4 is 58.1 Å². The van der Waals surface area contributed by atoms with Crippen LogP contribution in [0.5, 0.6) is 0 Å². The number of nitrogens with zero attached hydrogens (tertiary/aromatic N) is 1. The molecule has 0 bridgehead atoms. The van der Waals surface area contributed by atoms with Crippen molar-refractivity contribution < 1.29 is 37.4 Å². The molecule has 1 aliphatic heterocycles. The van der Waals surface area contributed by atoms with E-state index < -0.39 is 37.0 Å². The number of rotatable bonds is 9. The number of hydrogen-bond acceptors (Lipinski definition) is 7. The van der Waals surface area contributed by atoms with Gasteiger partial charge in [-0.25, -0.2) is 13.6 Å². The Morgan fingerprint density at radius 1 is 1.17 bits per heavy atom. The van der Waals surface area contributed by atoms with Gasteiger partial charge < -0.3 is 30.3 Å². The number of alkyl halides is 2. The summed E-state index contributed by atoms with van der Waals surface area (Å²) in [7, 11) is 0. The molecular weight excluding hydrogens is 510 g/mol. The van der Waals surface area contributed by atoms with Crippen molar-refractivity contribution in [1.29, 1.82) is 0 Å². The molecule has 188 valence electrons. The molecule has 0 aliphatic carbocycles. The summed E-state index contributed by atoms with van der Waals surface area (Å²) in [6, 6.07) is 8.02. The van der Waals surface area contributed by atoms with Crippen LogP contribution in [0.1, 0.15) is 9.67 Å². The first-order chi connectivity index (χ1) is 16.7. The molecule has 3 N–H and O–H groups in total. The van der Waals surface area contributed by atoms with Crippen LogP contribution in [0.4, 0.5) is 25.0 Å². The molecule has 1 aromatic carbocycles. The number of nitrogens with one attached hydrogen (secondary N) is 3. The van der Waals surface area contributed by atoms with E-state index in [1.165, 1.54) is 12.1 Å². The van der Waals surface area contributed by atoms with Crippen LogP contribution in [0.25, 0.3) is 0 Å².